The Labute approximate surface area is 109 Å². The highest BCUT2D eigenvalue weighted by molar-refractivity contribution is 6.18. The van der Waals surface area contributed by atoms with E-state index in [4.69, 9.17) is 11.6 Å². The Balaban J connectivity index is 0.00000256. The van der Waals surface area contributed by atoms with Gasteiger partial charge in [-0.25, -0.2) is 4.57 Å². The number of alkyl halides is 1. The van der Waals surface area contributed by atoms with Crippen molar-refractivity contribution < 1.29 is 10.0 Å². The van der Waals surface area contributed by atoms with Crippen molar-refractivity contribution in [1.29, 1.82) is 0 Å². The van der Waals surface area contributed by atoms with Gasteiger partial charge in [0, 0.05) is 19.0 Å². The van der Waals surface area contributed by atoms with E-state index in [-0.39, 0.29) is 24.9 Å². The smallest absolute Gasteiger partial charge is 0.390 e. The molecule has 0 bridgehead atoms. The minimum Gasteiger partial charge on any atom is -0.390 e. The maximum atomic E-state index is 10.5. The molecule has 9 heteroatoms. The molecule has 0 saturated carbocycles. The Morgan fingerprint density at radius 1 is 1.71 bits per heavy atom. The molecular weight excluding hydrogens is 271 g/mol. The van der Waals surface area contributed by atoms with Crippen molar-refractivity contribution in [2.75, 3.05) is 19.0 Å². The number of hydrogen-bond donors (Lipinski definition) is 2. The van der Waals surface area contributed by atoms with E-state index in [0.717, 1.165) is 0 Å². The van der Waals surface area contributed by atoms with Gasteiger partial charge in [-0.1, -0.05) is 4.98 Å². The lowest BCUT2D eigenvalue weighted by Gasteiger charge is -2.10. The maximum absolute atomic E-state index is 10.5. The van der Waals surface area contributed by atoms with Gasteiger partial charge in [0.05, 0.1) is 12.6 Å². The van der Waals surface area contributed by atoms with Crippen molar-refractivity contribution >= 4 is 30.0 Å². The van der Waals surface area contributed by atoms with Gasteiger partial charge in [-0.05, 0) is 4.92 Å². The van der Waals surface area contributed by atoms with Crippen LogP contribution in [0.25, 0.3) is 0 Å². The first-order chi connectivity index (χ1) is 7.65. The quantitative estimate of drug-likeness (QED) is 0.327. The molecule has 0 spiro atoms. The Hall–Kier alpha value is -0.890. The van der Waals surface area contributed by atoms with Gasteiger partial charge in [-0.15, -0.1) is 24.0 Å². The zero-order chi connectivity index (χ0) is 12.0. The standard InChI is InChI=1S/C8H13ClN4O3.ClH/c9-1-2-10-5-7(14)6-12-4-3-11-8(12)13(15)16;/h3-4,7,10,14H,1-2,5-6H2;1H. The van der Waals surface area contributed by atoms with Crippen LogP contribution in [0.2, 0.25) is 0 Å². The number of hydrogen-bond acceptors (Lipinski definition) is 5. The first-order valence-electron chi connectivity index (χ1n) is 4.75. The van der Waals surface area contributed by atoms with Gasteiger partial charge in [0.2, 0.25) is 0 Å². The van der Waals surface area contributed by atoms with Crippen molar-refractivity contribution in [3.05, 3.63) is 22.5 Å². The number of imidazole rings is 1. The van der Waals surface area contributed by atoms with Gasteiger partial charge < -0.3 is 20.5 Å². The summed E-state index contributed by atoms with van der Waals surface area (Å²) in [5, 5.41) is 23.0. The Bertz CT molecular complexity index is 347. The maximum Gasteiger partial charge on any atom is 0.434 e. The van der Waals surface area contributed by atoms with Crippen LogP contribution in [-0.4, -0.2) is 44.7 Å². The molecule has 98 valence electrons. The zero-order valence-corrected chi connectivity index (χ0v) is 10.5. The molecule has 7 nitrogen and oxygen atoms in total. The fourth-order valence-electron chi connectivity index (χ4n) is 1.24. The highest BCUT2D eigenvalue weighted by Gasteiger charge is 2.16. The molecule has 0 aliphatic heterocycles. The molecule has 0 aliphatic carbocycles. The second-order valence-electron chi connectivity index (χ2n) is 3.18. The lowest BCUT2D eigenvalue weighted by molar-refractivity contribution is -0.397. The Morgan fingerprint density at radius 3 is 3.00 bits per heavy atom. The number of aliphatic hydroxyl groups is 1. The molecule has 1 aromatic heterocycles. The number of rotatable bonds is 7. The first kappa shape index (κ1) is 16.1. The summed E-state index contributed by atoms with van der Waals surface area (Å²) in [6, 6.07) is 0. The number of nitrogens with one attached hydrogen (secondary N) is 1. The monoisotopic (exact) mass is 284 g/mol. The largest absolute Gasteiger partial charge is 0.434 e. The van der Waals surface area contributed by atoms with Gasteiger partial charge >= 0.3 is 5.95 Å². The third-order valence-corrected chi connectivity index (χ3v) is 2.10. The summed E-state index contributed by atoms with van der Waals surface area (Å²) in [5.74, 6) is 0.189. The summed E-state index contributed by atoms with van der Waals surface area (Å²) in [6.45, 7) is 1.05. The van der Waals surface area contributed by atoms with Crippen LogP contribution < -0.4 is 5.32 Å². The predicted octanol–water partition coefficient (Wildman–Crippen LogP) is 0.402. The molecule has 0 aromatic carbocycles. The molecule has 0 fully saturated rings. The molecule has 1 heterocycles. The molecule has 2 N–H and O–H groups in total. The fourth-order valence-corrected chi connectivity index (χ4v) is 1.38. The first-order valence-corrected chi connectivity index (χ1v) is 5.29. The van der Waals surface area contributed by atoms with E-state index in [1.54, 1.807) is 0 Å². The van der Waals surface area contributed by atoms with Gasteiger partial charge in [0.1, 0.15) is 12.4 Å². The molecule has 1 unspecified atom stereocenters. The molecule has 0 amide bonds. The average Bonchev–Trinajstić information content (AvgIpc) is 2.66. The van der Waals surface area contributed by atoms with E-state index in [1.165, 1.54) is 17.0 Å². The molecule has 1 atom stereocenters. The third kappa shape index (κ3) is 5.31. The number of aliphatic hydroxyl groups excluding tert-OH is 1. The summed E-state index contributed by atoms with van der Waals surface area (Å²) >= 11 is 5.45. The Kier molecular flexibility index (Phi) is 7.81. The molecule has 0 radical (unpaired) electrons. The van der Waals surface area contributed by atoms with Crippen molar-refractivity contribution in [1.82, 2.24) is 14.9 Å². The van der Waals surface area contributed by atoms with Crippen LogP contribution in [0.3, 0.4) is 0 Å². The van der Waals surface area contributed by atoms with Gasteiger partial charge in [0.25, 0.3) is 0 Å². The van der Waals surface area contributed by atoms with Crippen LogP contribution in [-0.2, 0) is 6.54 Å². The fraction of sp³-hybridized carbons (Fsp3) is 0.625. The van der Waals surface area contributed by atoms with Gasteiger partial charge in [-0.3, -0.25) is 0 Å². The van der Waals surface area contributed by atoms with E-state index in [0.29, 0.717) is 19.0 Å². The number of nitrogens with zero attached hydrogens (tertiary/aromatic N) is 3. The van der Waals surface area contributed by atoms with E-state index in [2.05, 4.69) is 10.3 Å². The van der Waals surface area contributed by atoms with Crippen LogP contribution >= 0.6 is 24.0 Å². The summed E-state index contributed by atoms with van der Waals surface area (Å²) < 4.78 is 1.30. The number of halogens is 2. The average molecular weight is 285 g/mol. The molecule has 0 saturated heterocycles. The highest BCUT2D eigenvalue weighted by atomic mass is 35.5. The van der Waals surface area contributed by atoms with Crippen molar-refractivity contribution in [2.45, 2.75) is 12.6 Å². The summed E-state index contributed by atoms with van der Waals surface area (Å²) in [4.78, 5) is 13.5. The normalized spacial score (nSPS) is 11.9. The zero-order valence-electron chi connectivity index (χ0n) is 8.95. The molecular formula is C8H14Cl2N4O3. The third-order valence-electron chi connectivity index (χ3n) is 1.92. The van der Waals surface area contributed by atoms with Crippen molar-refractivity contribution in [3.63, 3.8) is 0 Å². The van der Waals surface area contributed by atoms with E-state index < -0.39 is 11.0 Å². The summed E-state index contributed by atoms with van der Waals surface area (Å²) in [5.41, 5.74) is 0. The molecule has 1 aromatic rings. The summed E-state index contributed by atoms with van der Waals surface area (Å²) in [6.07, 6.45) is 2.08. The Morgan fingerprint density at radius 2 is 2.41 bits per heavy atom. The lowest BCUT2D eigenvalue weighted by Crippen LogP contribution is -2.31. The minimum atomic E-state index is -0.712. The topological polar surface area (TPSA) is 93.2 Å². The molecule has 17 heavy (non-hydrogen) atoms. The van der Waals surface area contributed by atoms with Crippen LogP contribution in [0.5, 0.6) is 0 Å². The number of aromatic nitrogens is 2. The highest BCUT2D eigenvalue weighted by Crippen LogP contribution is 2.07. The second kappa shape index (κ2) is 8.24. The minimum absolute atomic E-state index is 0. The number of nitro groups is 1. The van der Waals surface area contributed by atoms with Crippen LogP contribution in [0.4, 0.5) is 5.95 Å². The van der Waals surface area contributed by atoms with Gasteiger partial charge in [0.15, 0.2) is 0 Å². The van der Waals surface area contributed by atoms with Gasteiger partial charge in [-0.2, -0.15) is 0 Å². The van der Waals surface area contributed by atoms with Crippen LogP contribution in [0.1, 0.15) is 0 Å². The van der Waals surface area contributed by atoms with Crippen LogP contribution in [0, 0.1) is 10.1 Å². The second-order valence-corrected chi connectivity index (χ2v) is 3.56. The SMILES string of the molecule is Cl.O=[N+]([O-])c1nccn1CC(O)CNCCCl. The van der Waals surface area contributed by atoms with Crippen LogP contribution in [0.15, 0.2) is 12.4 Å². The predicted molar refractivity (Wildman–Crippen MR) is 65.7 cm³/mol. The lowest BCUT2D eigenvalue weighted by atomic mass is 10.3. The molecule has 0 aliphatic rings. The van der Waals surface area contributed by atoms with E-state index in [1.807, 2.05) is 0 Å². The summed E-state index contributed by atoms with van der Waals surface area (Å²) in [7, 11) is 0. The molecule has 1 rings (SSSR count). The van der Waals surface area contributed by atoms with E-state index in [9.17, 15) is 15.2 Å². The van der Waals surface area contributed by atoms with Crippen molar-refractivity contribution in [3.8, 4) is 0 Å². The van der Waals surface area contributed by atoms with Crippen molar-refractivity contribution in [2.24, 2.45) is 0 Å². The van der Waals surface area contributed by atoms with E-state index >= 15 is 0 Å².